The topological polar surface area (TPSA) is 237 Å². The first-order valence-electron chi connectivity index (χ1n) is 42.1. The summed E-state index contributed by atoms with van der Waals surface area (Å²) in [5, 5.41) is 10.7. The van der Waals surface area contributed by atoms with Crippen LogP contribution in [0.5, 0.6) is 0 Å². The number of carbonyl (C=O) groups excluding carboxylic acids is 4. The number of hydrogen-bond acceptors (Lipinski definition) is 15. The number of phosphoric ester groups is 2. The van der Waals surface area contributed by atoms with Crippen LogP contribution in [0, 0.1) is 0 Å². The smallest absolute Gasteiger partial charge is 0.462 e. The fourth-order valence-corrected chi connectivity index (χ4v) is 12.4. The highest BCUT2D eigenvalue weighted by atomic mass is 31.2. The first-order chi connectivity index (χ1) is 52.7. The normalized spacial score (nSPS) is 14.5. The van der Waals surface area contributed by atoms with Crippen molar-refractivity contribution < 1.29 is 80.2 Å². The molecule has 0 aliphatic heterocycles. The Labute approximate surface area is 656 Å². The Morgan fingerprint density at radius 3 is 0.750 bits per heavy atom. The number of carbonyl (C=O) groups is 4. The number of aliphatic hydroxyl groups is 1. The summed E-state index contributed by atoms with van der Waals surface area (Å²) in [4.78, 5) is 73.1. The fraction of sp³-hybridized carbons (Fsp3) is 0.685. The molecule has 0 radical (unpaired) electrons. The van der Waals surface area contributed by atoms with Gasteiger partial charge in [0.25, 0.3) is 0 Å². The number of rotatable bonds is 78. The summed E-state index contributed by atoms with van der Waals surface area (Å²) in [7, 11) is -10.0. The lowest BCUT2D eigenvalue weighted by Crippen LogP contribution is -2.30. The molecule has 0 aromatic heterocycles. The summed E-state index contributed by atoms with van der Waals surface area (Å²) in [5.41, 5.74) is 0. The van der Waals surface area contributed by atoms with Crippen LogP contribution in [0.3, 0.4) is 0 Å². The number of esters is 4. The van der Waals surface area contributed by atoms with Gasteiger partial charge in [-0.25, -0.2) is 9.13 Å². The van der Waals surface area contributed by atoms with Gasteiger partial charge >= 0.3 is 39.5 Å². The van der Waals surface area contributed by atoms with E-state index >= 15 is 0 Å². The van der Waals surface area contributed by atoms with E-state index in [1.807, 2.05) is 36.5 Å². The van der Waals surface area contributed by atoms with Crippen LogP contribution < -0.4 is 0 Å². The van der Waals surface area contributed by atoms with Crippen LogP contribution in [-0.4, -0.2) is 96.7 Å². The van der Waals surface area contributed by atoms with Crippen molar-refractivity contribution >= 4 is 39.5 Å². The van der Waals surface area contributed by atoms with Gasteiger partial charge in [-0.15, -0.1) is 0 Å². The lowest BCUT2D eigenvalue weighted by atomic mass is 10.0. The minimum Gasteiger partial charge on any atom is -0.462 e. The van der Waals surface area contributed by atoms with Crippen LogP contribution in [-0.2, 0) is 65.4 Å². The molecule has 0 amide bonds. The Morgan fingerprint density at radius 2 is 0.472 bits per heavy atom. The Kier molecular flexibility index (Phi) is 76.3. The Morgan fingerprint density at radius 1 is 0.259 bits per heavy atom. The molecule has 0 aromatic carbocycles. The van der Waals surface area contributed by atoms with Gasteiger partial charge in [-0.2, -0.15) is 0 Å². The second kappa shape index (κ2) is 80.0. The van der Waals surface area contributed by atoms with E-state index in [1.165, 1.54) is 122 Å². The molecular weight excluding hydrogens is 1400 g/mol. The van der Waals surface area contributed by atoms with E-state index in [-0.39, 0.29) is 25.7 Å². The minimum atomic E-state index is -5.01. The van der Waals surface area contributed by atoms with E-state index in [0.29, 0.717) is 38.5 Å². The molecule has 0 spiro atoms. The van der Waals surface area contributed by atoms with Crippen LogP contribution in [0.1, 0.15) is 336 Å². The maximum absolute atomic E-state index is 13.1. The van der Waals surface area contributed by atoms with E-state index in [9.17, 15) is 43.2 Å². The molecule has 108 heavy (non-hydrogen) atoms. The van der Waals surface area contributed by atoms with Gasteiger partial charge in [0.2, 0.25) is 0 Å². The number of hydrogen-bond donors (Lipinski definition) is 3. The zero-order valence-electron chi connectivity index (χ0n) is 67.7. The second-order valence-corrected chi connectivity index (χ2v) is 30.6. The molecule has 5 atom stereocenters. The highest BCUT2D eigenvalue weighted by Crippen LogP contribution is 2.45. The summed E-state index contributed by atoms with van der Waals surface area (Å²) in [6.07, 6.45) is 92.7. The van der Waals surface area contributed by atoms with Crippen molar-refractivity contribution in [2.24, 2.45) is 0 Å². The first-order valence-corrected chi connectivity index (χ1v) is 45.1. The van der Waals surface area contributed by atoms with Gasteiger partial charge < -0.3 is 33.8 Å². The number of aliphatic hydroxyl groups excluding tert-OH is 1. The van der Waals surface area contributed by atoms with Crippen molar-refractivity contribution in [3.63, 3.8) is 0 Å². The molecule has 3 N–H and O–H groups in total. The van der Waals surface area contributed by atoms with Crippen molar-refractivity contribution in [3.8, 4) is 0 Å². The van der Waals surface area contributed by atoms with Gasteiger partial charge in [-0.05, 0) is 135 Å². The summed E-state index contributed by atoms with van der Waals surface area (Å²) in [5.74, 6) is -2.38. The summed E-state index contributed by atoms with van der Waals surface area (Å²) in [6.45, 7) is 4.63. The van der Waals surface area contributed by atoms with Crippen molar-refractivity contribution in [1.29, 1.82) is 0 Å². The van der Waals surface area contributed by atoms with Crippen molar-refractivity contribution in [2.45, 2.75) is 354 Å². The number of unbranched alkanes of at least 4 members (excludes halogenated alkanes) is 28. The average Bonchev–Trinajstić information content (AvgIpc) is 0.907. The van der Waals surface area contributed by atoms with Crippen molar-refractivity contribution in [1.82, 2.24) is 0 Å². The van der Waals surface area contributed by atoms with Crippen LogP contribution in [0.4, 0.5) is 0 Å². The standard InChI is InChI=1S/C89H150O17P2/c1-5-9-13-17-21-25-29-33-37-39-41-43-47-51-55-59-63-67-71-75-88(93)105-84(79-99-86(91)73-69-65-61-57-53-49-45-35-31-27-23-19-15-11-7-3)81-103-107(95,96)101-77-83(90)78-102-108(97,98)104-82-85(80-100-87(92)74-70-66-62-58-54-50-46-36-32-28-24-20-16-12-8-4)106-89(94)76-72-68-64-60-56-52-48-44-42-40-38-34-30-26-22-18-14-10-6-2/h21-23,25-27,33-35,37-38,41-45,51-52,55-56,63-64,67-68,83-85,90H,5-20,24,28-32,36,39-40,46-50,53-54,57-62,65-66,69-82H2,1-4H3,(H,95,96)(H,97,98)/b25-21-,26-22-,27-23-,37-33-,38-34-,43-41-,44-42-,45-35-,55-51-,56-52-,67-63-,68-64-/t83-,84-,85-/m1/s1. The fourth-order valence-electron chi connectivity index (χ4n) is 10.9. The molecule has 0 heterocycles. The predicted molar refractivity (Wildman–Crippen MR) is 445 cm³/mol. The quantitative estimate of drug-likeness (QED) is 0.0169. The van der Waals surface area contributed by atoms with E-state index in [2.05, 4.69) is 137 Å². The highest BCUT2D eigenvalue weighted by Gasteiger charge is 2.30. The monoisotopic (exact) mass is 1550 g/mol. The van der Waals surface area contributed by atoms with Crippen molar-refractivity contribution in [2.75, 3.05) is 39.6 Å². The van der Waals surface area contributed by atoms with Crippen LogP contribution in [0.2, 0.25) is 0 Å². The summed E-state index contributed by atoms with van der Waals surface area (Å²) in [6, 6.07) is 0. The van der Waals surface area contributed by atoms with E-state index in [4.69, 9.17) is 37.0 Å². The lowest BCUT2D eigenvalue weighted by Gasteiger charge is -2.21. The molecule has 0 saturated carbocycles. The molecule has 0 aromatic rings. The molecule has 17 nitrogen and oxygen atoms in total. The minimum absolute atomic E-state index is 0.0322. The molecule has 0 saturated heterocycles. The van der Waals surface area contributed by atoms with Crippen molar-refractivity contribution in [3.05, 3.63) is 146 Å². The maximum Gasteiger partial charge on any atom is 0.472 e. The zero-order valence-corrected chi connectivity index (χ0v) is 69.5. The van der Waals surface area contributed by atoms with E-state index < -0.39 is 97.5 Å². The molecule has 19 heteroatoms. The zero-order chi connectivity index (χ0) is 78.9. The third-order valence-corrected chi connectivity index (χ3v) is 19.2. The third kappa shape index (κ3) is 79.0. The third-order valence-electron chi connectivity index (χ3n) is 17.3. The molecule has 0 aliphatic carbocycles. The molecule has 0 fully saturated rings. The van der Waals surface area contributed by atoms with Gasteiger partial charge in [-0.3, -0.25) is 37.3 Å². The van der Waals surface area contributed by atoms with Gasteiger partial charge in [0.05, 0.1) is 26.4 Å². The molecule has 0 bridgehead atoms. The highest BCUT2D eigenvalue weighted by molar-refractivity contribution is 7.47. The van der Waals surface area contributed by atoms with E-state index in [1.54, 1.807) is 0 Å². The second-order valence-electron chi connectivity index (χ2n) is 27.7. The largest absolute Gasteiger partial charge is 0.472 e. The Hall–Kier alpha value is -5.06. The molecular formula is C89H150O17P2. The summed E-state index contributed by atoms with van der Waals surface area (Å²) < 4.78 is 68.6. The number of ether oxygens (including phenoxy) is 4. The van der Waals surface area contributed by atoms with Gasteiger partial charge in [0.15, 0.2) is 12.2 Å². The van der Waals surface area contributed by atoms with E-state index in [0.717, 1.165) is 122 Å². The molecule has 0 aliphatic rings. The van der Waals surface area contributed by atoms with Crippen LogP contribution in [0.15, 0.2) is 146 Å². The maximum atomic E-state index is 13.1. The SMILES string of the molecule is CCCCC/C=C\C/C=C\C/C=C\C/C=C\C/C=C\CCC(=O)O[C@H](COC(=O)CCCCCCC/C=C\C/C=C\CCCCC)COP(=O)(O)OC[C@@H](O)COP(=O)(O)OC[C@@H](COC(=O)CCCCCCCCCCCCCCCCC)OC(=O)CC/C=C\C/C=C\C/C=C\C/C=C\C/C=C\CCCCC. The van der Waals surface area contributed by atoms with Crippen LogP contribution >= 0.6 is 15.6 Å². The van der Waals surface area contributed by atoms with Gasteiger partial charge in [0.1, 0.15) is 19.3 Å². The molecule has 2 unspecified atom stereocenters. The lowest BCUT2D eigenvalue weighted by molar-refractivity contribution is -0.161. The first kappa shape index (κ1) is 103. The van der Waals surface area contributed by atoms with Crippen LogP contribution in [0.25, 0.3) is 0 Å². The average molecular weight is 1550 g/mol. The Bertz CT molecular complexity index is 2610. The van der Waals surface area contributed by atoms with Gasteiger partial charge in [0, 0.05) is 25.7 Å². The predicted octanol–water partition coefficient (Wildman–Crippen LogP) is 25.0. The van der Waals surface area contributed by atoms with Gasteiger partial charge in [-0.1, -0.05) is 321 Å². The number of phosphoric acid groups is 2. The molecule has 618 valence electrons. The summed E-state index contributed by atoms with van der Waals surface area (Å²) >= 11 is 0. The Balaban J connectivity index is 5.52. The molecule has 0 rings (SSSR count). The number of allylic oxidation sites excluding steroid dienone is 24.